The Kier molecular flexibility index (Phi) is 4.54. The molecule has 0 saturated carbocycles. The van der Waals surface area contributed by atoms with Gasteiger partial charge in [0, 0.05) is 18.7 Å². The molecular weight excluding hydrogens is 324 g/mol. The first-order valence-electron chi connectivity index (χ1n) is 8.31. The molecule has 0 spiro atoms. The van der Waals surface area contributed by atoms with E-state index in [1.54, 1.807) is 0 Å². The zero-order chi connectivity index (χ0) is 16.0. The first kappa shape index (κ1) is 16.8. The molecular formula is C18H23ClN4O. The van der Waals surface area contributed by atoms with Gasteiger partial charge in [0.1, 0.15) is 22.9 Å². The average Bonchev–Trinajstić information content (AvgIpc) is 3.09. The molecule has 0 amide bonds. The highest BCUT2D eigenvalue weighted by Gasteiger charge is 2.19. The summed E-state index contributed by atoms with van der Waals surface area (Å²) in [5.41, 5.74) is 4.16. The number of nitrogens with one attached hydrogen (secondary N) is 1. The number of H-pyrrole nitrogens is 1. The number of nitrogens with zero attached hydrogens (tertiary/aromatic N) is 3. The van der Waals surface area contributed by atoms with Gasteiger partial charge in [0.15, 0.2) is 5.82 Å². The summed E-state index contributed by atoms with van der Waals surface area (Å²) in [5, 5.41) is 0. The van der Waals surface area contributed by atoms with E-state index in [1.807, 2.05) is 20.8 Å². The third kappa shape index (κ3) is 2.88. The fraction of sp³-hybridized carbons (Fsp3) is 0.444. The van der Waals surface area contributed by atoms with Crippen LogP contribution in [0.3, 0.4) is 0 Å². The van der Waals surface area contributed by atoms with Crippen LogP contribution < -0.4 is 4.90 Å². The van der Waals surface area contributed by atoms with Crippen molar-refractivity contribution in [3.05, 3.63) is 29.5 Å². The number of hydrogen-bond donors (Lipinski definition) is 1. The number of aryl methyl sites for hydroxylation is 3. The molecule has 3 aromatic heterocycles. The minimum absolute atomic E-state index is 0. The van der Waals surface area contributed by atoms with Crippen molar-refractivity contribution in [3.8, 4) is 11.3 Å². The van der Waals surface area contributed by atoms with E-state index >= 15 is 0 Å². The van der Waals surface area contributed by atoms with Gasteiger partial charge < -0.3 is 14.3 Å². The van der Waals surface area contributed by atoms with E-state index in [0.29, 0.717) is 0 Å². The fourth-order valence-corrected chi connectivity index (χ4v) is 3.49. The number of halogens is 1. The molecule has 4 heterocycles. The van der Waals surface area contributed by atoms with Gasteiger partial charge in [0.25, 0.3) is 0 Å². The van der Waals surface area contributed by atoms with Gasteiger partial charge in [-0.25, -0.2) is 9.97 Å². The predicted octanol–water partition coefficient (Wildman–Crippen LogP) is 4.56. The van der Waals surface area contributed by atoms with Crippen LogP contribution in [0.5, 0.6) is 0 Å². The van der Waals surface area contributed by atoms with E-state index in [0.717, 1.165) is 58.5 Å². The molecule has 24 heavy (non-hydrogen) atoms. The summed E-state index contributed by atoms with van der Waals surface area (Å²) in [6.07, 6.45) is 3.78. The number of hydrogen-bond acceptors (Lipinski definition) is 4. The fourth-order valence-electron chi connectivity index (χ4n) is 3.49. The van der Waals surface area contributed by atoms with Gasteiger partial charge >= 0.3 is 0 Å². The summed E-state index contributed by atoms with van der Waals surface area (Å²) < 4.78 is 5.67. The molecule has 1 aliphatic heterocycles. The van der Waals surface area contributed by atoms with Crippen LogP contribution in [0.1, 0.15) is 36.6 Å². The van der Waals surface area contributed by atoms with Crippen LogP contribution in [0.25, 0.3) is 22.3 Å². The van der Waals surface area contributed by atoms with Gasteiger partial charge in [-0.05, 0) is 52.2 Å². The molecule has 0 unspecified atom stereocenters. The van der Waals surface area contributed by atoms with Gasteiger partial charge in [0.05, 0.1) is 11.2 Å². The normalized spacial score (nSPS) is 14.9. The summed E-state index contributed by atoms with van der Waals surface area (Å²) in [6, 6.07) is 4.18. The van der Waals surface area contributed by atoms with Crippen LogP contribution in [-0.2, 0) is 0 Å². The summed E-state index contributed by atoms with van der Waals surface area (Å²) >= 11 is 0. The quantitative estimate of drug-likeness (QED) is 0.739. The third-order valence-corrected chi connectivity index (χ3v) is 4.56. The number of anilines is 1. The maximum Gasteiger partial charge on any atom is 0.156 e. The van der Waals surface area contributed by atoms with Crippen molar-refractivity contribution in [2.24, 2.45) is 0 Å². The molecule has 0 aromatic carbocycles. The third-order valence-electron chi connectivity index (χ3n) is 4.56. The number of furan rings is 1. The van der Waals surface area contributed by atoms with Gasteiger partial charge in [-0.1, -0.05) is 0 Å². The van der Waals surface area contributed by atoms with Crippen molar-refractivity contribution >= 4 is 29.3 Å². The van der Waals surface area contributed by atoms with Crippen molar-refractivity contribution < 1.29 is 4.42 Å². The Morgan fingerprint density at radius 1 is 1.04 bits per heavy atom. The Labute approximate surface area is 147 Å². The SMILES string of the molecule is Cc1nc(N2CCCCC2)c2[nH]c(-c3cc(C)oc3C)cc2n1.Cl. The van der Waals surface area contributed by atoms with Crippen LogP contribution in [0, 0.1) is 20.8 Å². The lowest BCUT2D eigenvalue weighted by atomic mass is 10.1. The van der Waals surface area contributed by atoms with Gasteiger partial charge in [-0.15, -0.1) is 12.4 Å². The minimum Gasteiger partial charge on any atom is -0.466 e. The number of aromatic amines is 1. The summed E-state index contributed by atoms with van der Waals surface area (Å²) in [6.45, 7) is 8.08. The topological polar surface area (TPSA) is 58.0 Å². The number of rotatable bonds is 2. The zero-order valence-electron chi connectivity index (χ0n) is 14.3. The van der Waals surface area contributed by atoms with E-state index in [9.17, 15) is 0 Å². The molecule has 1 aliphatic rings. The maximum absolute atomic E-state index is 5.67. The van der Waals surface area contributed by atoms with Crippen molar-refractivity contribution in [2.45, 2.75) is 40.0 Å². The Bertz CT molecular complexity index is 861. The van der Waals surface area contributed by atoms with E-state index < -0.39 is 0 Å². The van der Waals surface area contributed by atoms with Crippen molar-refractivity contribution in [1.82, 2.24) is 15.0 Å². The lowest BCUT2D eigenvalue weighted by molar-refractivity contribution is 0.505. The predicted molar refractivity (Wildman–Crippen MR) is 99.1 cm³/mol. The Morgan fingerprint density at radius 2 is 1.79 bits per heavy atom. The highest BCUT2D eigenvalue weighted by molar-refractivity contribution is 5.91. The van der Waals surface area contributed by atoms with Crippen molar-refractivity contribution in [3.63, 3.8) is 0 Å². The zero-order valence-corrected chi connectivity index (χ0v) is 15.2. The van der Waals surface area contributed by atoms with Crippen molar-refractivity contribution in [2.75, 3.05) is 18.0 Å². The molecule has 1 saturated heterocycles. The van der Waals surface area contributed by atoms with Gasteiger partial charge in [-0.2, -0.15) is 0 Å². The van der Waals surface area contributed by atoms with Crippen LogP contribution in [-0.4, -0.2) is 28.0 Å². The maximum atomic E-state index is 5.67. The van der Waals surface area contributed by atoms with Crippen LogP contribution in [0.4, 0.5) is 5.82 Å². The molecule has 0 atom stereocenters. The second-order valence-corrected chi connectivity index (χ2v) is 6.41. The minimum atomic E-state index is 0. The van der Waals surface area contributed by atoms with Crippen LogP contribution in [0.15, 0.2) is 16.5 Å². The number of piperidine rings is 1. The average molecular weight is 347 g/mol. The molecule has 0 aliphatic carbocycles. The number of fused-ring (bicyclic) bond motifs is 1. The van der Waals surface area contributed by atoms with Gasteiger partial charge in [-0.3, -0.25) is 0 Å². The van der Waals surface area contributed by atoms with E-state index in [4.69, 9.17) is 9.40 Å². The molecule has 6 heteroatoms. The standard InChI is InChI=1S/C18H22N4O.ClH/c1-11-9-14(12(2)23-11)15-10-16-17(21-15)18(20-13(3)19-16)22-7-5-4-6-8-22;/h9-10,21H,4-8H2,1-3H3;1H. The second-order valence-electron chi connectivity index (χ2n) is 6.41. The van der Waals surface area contributed by atoms with Gasteiger partial charge in [0.2, 0.25) is 0 Å². The monoisotopic (exact) mass is 346 g/mol. The van der Waals surface area contributed by atoms with Crippen LogP contribution >= 0.6 is 12.4 Å². The molecule has 0 bridgehead atoms. The van der Waals surface area contributed by atoms with Crippen LogP contribution in [0.2, 0.25) is 0 Å². The second kappa shape index (κ2) is 6.48. The highest BCUT2D eigenvalue weighted by atomic mass is 35.5. The molecule has 1 fully saturated rings. The molecule has 128 valence electrons. The number of aromatic nitrogens is 3. The first-order valence-corrected chi connectivity index (χ1v) is 8.31. The Morgan fingerprint density at radius 3 is 2.46 bits per heavy atom. The lowest BCUT2D eigenvalue weighted by Crippen LogP contribution is -2.30. The molecule has 5 nitrogen and oxygen atoms in total. The molecule has 3 aromatic rings. The van der Waals surface area contributed by atoms with E-state index in [1.165, 1.54) is 19.3 Å². The van der Waals surface area contributed by atoms with E-state index in [-0.39, 0.29) is 12.4 Å². The molecule has 4 rings (SSSR count). The first-order chi connectivity index (χ1) is 11.1. The summed E-state index contributed by atoms with van der Waals surface area (Å²) in [4.78, 5) is 15.2. The Balaban J connectivity index is 0.00000169. The lowest BCUT2D eigenvalue weighted by Gasteiger charge is -2.28. The largest absolute Gasteiger partial charge is 0.466 e. The molecule has 1 N–H and O–H groups in total. The summed E-state index contributed by atoms with van der Waals surface area (Å²) in [7, 11) is 0. The van der Waals surface area contributed by atoms with Crippen molar-refractivity contribution in [1.29, 1.82) is 0 Å². The Hall–Kier alpha value is -2.01. The van der Waals surface area contributed by atoms with E-state index in [2.05, 4.69) is 27.0 Å². The smallest absolute Gasteiger partial charge is 0.156 e. The molecule has 0 radical (unpaired) electrons. The summed E-state index contributed by atoms with van der Waals surface area (Å²) in [5.74, 6) is 3.72. The highest BCUT2D eigenvalue weighted by Crippen LogP contribution is 2.32.